The number of rotatable bonds is 6. The molecule has 0 spiro atoms. The second-order valence-corrected chi connectivity index (χ2v) is 6.20. The molecule has 1 aromatic carbocycles. The highest BCUT2D eigenvalue weighted by atomic mass is 32.2. The Morgan fingerprint density at radius 1 is 1.25 bits per heavy atom. The highest BCUT2D eigenvalue weighted by Crippen LogP contribution is 2.36. The maximum absolute atomic E-state index is 5.66. The van der Waals surface area contributed by atoms with Gasteiger partial charge in [-0.1, -0.05) is 0 Å². The van der Waals surface area contributed by atoms with Gasteiger partial charge >= 0.3 is 0 Å². The molecule has 1 atom stereocenters. The minimum atomic E-state index is 0.452. The lowest BCUT2D eigenvalue weighted by atomic mass is 10.1. The van der Waals surface area contributed by atoms with Gasteiger partial charge in [-0.3, -0.25) is 0 Å². The van der Waals surface area contributed by atoms with Crippen LogP contribution in [0.4, 0.5) is 0 Å². The summed E-state index contributed by atoms with van der Waals surface area (Å²) in [6.07, 6.45) is 2.10. The van der Waals surface area contributed by atoms with Crippen molar-refractivity contribution in [2.75, 3.05) is 40.1 Å². The molecule has 0 amide bonds. The van der Waals surface area contributed by atoms with Crippen LogP contribution in [-0.4, -0.2) is 51.1 Å². The van der Waals surface area contributed by atoms with Crippen molar-refractivity contribution in [1.82, 2.24) is 10.2 Å². The maximum Gasteiger partial charge on any atom is 0.162 e. The highest BCUT2D eigenvalue weighted by Gasteiger charge is 2.16. The third-order valence-corrected chi connectivity index (χ3v) is 4.05. The summed E-state index contributed by atoms with van der Waals surface area (Å²) >= 11 is 1.75. The molecule has 5 heteroatoms. The topological polar surface area (TPSA) is 33.7 Å². The van der Waals surface area contributed by atoms with E-state index in [2.05, 4.69) is 49.6 Å². The fourth-order valence-electron chi connectivity index (χ4n) is 2.34. The van der Waals surface area contributed by atoms with Gasteiger partial charge in [-0.15, -0.1) is 11.8 Å². The second-order valence-electron chi connectivity index (χ2n) is 5.35. The van der Waals surface area contributed by atoms with Crippen LogP contribution in [0.15, 0.2) is 17.0 Å². The van der Waals surface area contributed by atoms with Crippen LogP contribution >= 0.6 is 11.8 Å². The first-order valence-corrected chi connectivity index (χ1v) is 8.17. The number of hydrogen-bond donors (Lipinski definition) is 1. The summed E-state index contributed by atoms with van der Waals surface area (Å²) in [6, 6.07) is 4.65. The summed E-state index contributed by atoms with van der Waals surface area (Å²) in [4.78, 5) is 3.44. The lowest BCUT2D eigenvalue weighted by Crippen LogP contribution is -2.35. The molecule has 0 radical (unpaired) electrons. The molecular weight excluding hydrogens is 272 g/mol. The first-order valence-electron chi connectivity index (χ1n) is 6.94. The van der Waals surface area contributed by atoms with Gasteiger partial charge < -0.3 is 19.7 Å². The van der Waals surface area contributed by atoms with E-state index in [4.69, 9.17) is 9.47 Å². The van der Waals surface area contributed by atoms with E-state index in [1.54, 1.807) is 11.8 Å². The standard InChI is InChI=1S/C15H24N2O2S/c1-11(10-17(2)3)16-9-12-7-13-14(8-15(12)20-4)19-6-5-18-13/h7-8,11,16H,5-6,9-10H2,1-4H3. The molecule has 1 aliphatic rings. The SMILES string of the molecule is CSc1cc2c(cc1CNC(C)CN(C)C)OCCO2. The van der Waals surface area contributed by atoms with Gasteiger partial charge in [-0.25, -0.2) is 0 Å². The number of fused-ring (bicyclic) bond motifs is 1. The third-order valence-electron chi connectivity index (χ3n) is 3.23. The van der Waals surface area contributed by atoms with Gasteiger partial charge in [0.1, 0.15) is 13.2 Å². The predicted octanol–water partition coefficient (Wildman–Crippen LogP) is 2.22. The van der Waals surface area contributed by atoms with Crippen LogP contribution in [0.5, 0.6) is 11.5 Å². The molecule has 1 heterocycles. The highest BCUT2D eigenvalue weighted by molar-refractivity contribution is 7.98. The monoisotopic (exact) mass is 296 g/mol. The van der Waals surface area contributed by atoms with Crippen LogP contribution in [0.2, 0.25) is 0 Å². The van der Waals surface area contributed by atoms with Crippen molar-refractivity contribution >= 4 is 11.8 Å². The van der Waals surface area contributed by atoms with E-state index in [0.717, 1.165) is 24.6 Å². The molecule has 0 aliphatic carbocycles. The van der Waals surface area contributed by atoms with Gasteiger partial charge in [0.05, 0.1) is 0 Å². The van der Waals surface area contributed by atoms with Gasteiger partial charge in [0.25, 0.3) is 0 Å². The van der Waals surface area contributed by atoms with Crippen molar-refractivity contribution in [3.63, 3.8) is 0 Å². The Balaban J connectivity index is 2.06. The predicted molar refractivity (Wildman–Crippen MR) is 84.1 cm³/mol. The van der Waals surface area contributed by atoms with Crippen LogP contribution < -0.4 is 14.8 Å². The lowest BCUT2D eigenvalue weighted by molar-refractivity contribution is 0.171. The van der Waals surface area contributed by atoms with E-state index in [-0.39, 0.29) is 0 Å². The van der Waals surface area contributed by atoms with E-state index in [1.165, 1.54) is 10.5 Å². The molecule has 1 aliphatic heterocycles. The number of benzene rings is 1. The average Bonchev–Trinajstić information content (AvgIpc) is 2.43. The summed E-state index contributed by atoms with van der Waals surface area (Å²) in [7, 11) is 4.19. The van der Waals surface area contributed by atoms with E-state index in [0.29, 0.717) is 19.3 Å². The molecule has 20 heavy (non-hydrogen) atoms. The summed E-state index contributed by atoms with van der Waals surface area (Å²) in [5, 5.41) is 3.56. The van der Waals surface area contributed by atoms with Crippen molar-refractivity contribution in [2.45, 2.75) is 24.4 Å². The first kappa shape index (κ1) is 15.5. The van der Waals surface area contributed by atoms with Gasteiger partial charge in [0, 0.05) is 24.0 Å². The molecule has 4 nitrogen and oxygen atoms in total. The van der Waals surface area contributed by atoms with Crippen molar-refractivity contribution in [1.29, 1.82) is 0 Å². The molecule has 2 rings (SSSR count). The van der Waals surface area contributed by atoms with E-state index < -0.39 is 0 Å². The zero-order valence-corrected chi connectivity index (χ0v) is 13.5. The second kappa shape index (κ2) is 7.20. The maximum atomic E-state index is 5.66. The summed E-state index contributed by atoms with van der Waals surface area (Å²) in [5.74, 6) is 1.73. The number of ether oxygens (including phenoxy) is 2. The zero-order chi connectivity index (χ0) is 14.5. The summed E-state index contributed by atoms with van der Waals surface area (Å²) < 4.78 is 11.3. The number of thioether (sulfide) groups is 1. The molecule has 1 N–H and O–H groups in total. The molecular formula is C15H24N2O2S. The van der Waals surface area contributed by atoms with Gasteiger partial charge in [0.2, 0.25) is 0 Å². The third kappa shape index (κ3) is 4.04. The summed E-state index contributed by atoms with van der Waals surface area (Å²) in [5.41, 5.74) is 1.27. The molecule has 0 saturated carbocycles. The van der Waals surface area contributed by atoms with Gasteiger partial charge in [0.15, 0.2) is 11.5 Å². The molecule has 1 unspecified atom stereocenters. The Labute approximate surface area is 125 Å². The quantitative estimate of drug-likeness (QED) is 0.814. The molecule has 0 saturated heterocycles. The van der Waals surface area contributed by atoms with Crippen LogP contribution in [0.1, 0.15) is 12.5 Å². The first-order chi connectivity index (χ1) is 9.60. The Morgan fingerprint density at radius 3 is 2.50 bits per heavy atom. The number of hydrogen-bond acceptors (Lipinski definition) is 5. The van der Waals surface area contributed by atoms with Gasteiger partial charge in [-0.2, -0.15) is 0 Å². The normalized spacial score (nSPS) is 15.4. The van der Waals surface area contributed by atoms with Crippen LogP contribution in [0, 0.1) is 0 Å². The molecule has 112 valence electrons. The Hall–Kier alpha value is -0.910. The van der Waals surface area contributed by atoms with Crippen LogP contribution in [0.25, 0.3) is 0 Å². The van der Waals surface area contributed by atoms with E-state index in [1.807, 2.05) is 0 Å². The smallest absolute Gasteiger partial charge is 0.162 e. The van der Waals surface area contributed by atoms with Crippen molar-refractivity contribution in [3.8, 4) is 11.5 Å². The fraction of sp³-hybridized carbons (Fsp3) is 0.600. The van der Waals surface area contributed by atoms with E-state index in [9.17, 15) is 0 Å². The van der Waals surface area contributed by atoms with E-state index >= 15 is 0 Å². The molecule has 0 fully saturated rings. The number of nitrogens with zero attached hydrogens (tertiary/aromatic N) is 1. The number of likely N-dealkylation sites (N-methyl/N-ethyl adjacent to an activating group) is 1. The summed E-state index contributed by atoms with van der Waals surface area (Å²) in [6.45, 7) is 5.35. The minimum absolute atomic E-state index is 0.452. The molecule has 0 bridgehead atoms. The molecule has 0 aromatic heterocycles. The molecule has 1 aromatic rings. The lowest BCUT2D eigenvalue weighted by Gasteiger charge is -2.22. The van der Waals surface area contributed by atoms with Crippen LogP contribution in [-0.2, 0) is 6.54 Å². The van der Waals surface area contributed by atoms with Crippen molar-refractivity contribution in [3.05, 3.63) is 17.7 Å². The fourth-order valence-corrected chi connectivity index (χ4v) is 2.96. The number of nitrogens with one attached hydrogen (secondary N) is 1. The van der Waals surface area contributed by atoms with Crippen molar-refractivity contribution < 1.29 is 9.47 Å². The zero-order valence-electron chi connectivity index (χ0n) is 12.7. The minimum Gasteiger partial charge on any atom is -0.486 e. The average molecular weight is 296 g/mol. The van der Waals surface area contributed by atoms with Crippen LogP contribution in [0.3, 0.4) is 0 Å². The van der Waals surface area contributed by atoms with Gasteiger partial charge in [-0.05, 0) is 45.0 Å². The largest absolute Gasteiger partial charge is 0.486 e. The van der Waals surface area contributed by atoms with Crippen molar-refractivity contribution in [2.24, 2.45) is 0 Å². The Bertz CT molecular complexity index is 452. The Kier molecular flexibility index (Phi) is 5.57. The Morgan fingerprint density at radius 2 is 1.90 bits per heavy atom.